The van der Waals surface area contributed by atoms with Crippen LogP contribution in [0.4, 0.5) is 5.82 Å². The molecule has 1 aliphatic heterocycles. The molecule has 0 aliphatic carbocycles. The first-order chi connectivity index (χ1) is 9.79. The summed E-state index contributed by atoms with van der Waals surface area (Å²) in [6, 6.07) is 2.73. The number of anilines is 1. The summed E-state index contributed by atoms with van der Waals surface area (Å²) in [5, 5.41) is -1.02. The standard InChI is InChI=1S/C11H17N3O4S3/c1-2-20(15,16)11-8-19-6-5-14(11)21(17,18)9-3-4-10(12)13-7-9/h3-4,7,11H,2,5-6,8H2,1H3,(H2,12,13). The Morgan fingerprint density at radius 2 is 2.10 bits per heavy atom. The molecule has 1 atom stereocenters. The highest BCUT2D eigenvalue weighted by Crippen LogP contribution is 2.27. The first-order valence-corrected chi connectivity index (χ1v) is 10.6. The summed E-state index contributed by atoms with van der Waals surface area (Å²) in [5.41, 5.74) is 5.45. The van der Waals surface area contributed by atoms with Gasteiger partial charge in [-0.15, -0.1) is 0 Å². The second-order valence-corrected chi connectivity index (χ2v) is 10.0. The summed E-state index contributed by atoms with van der Waals surface area (Å²) < 4.78 is 50.6. The predicted octanol–water partition coefficient (Wildman–Crippen LogP) is 0.162. The molecule has 0 aromatic carbocycles. The lowest BCUT2D eigenvalue weighted by atomic mass is 10.5. The van der Waals surface area contributed by atoms with Crippen molar-refractivity contribution in [2.75, 3.05) is 29.5 Å². The zero-order valence-corrected chi connectivity index (χ0v) is 13.9. The van der Waals surface area contributed by atoms with E-state index in [2.05, 4.69) is 4.98 Å². The van der Waals surface area contributed by atoms with Crippen LogP contribution in [0.3, 0.4) is 0 Å². The Labute approximate surface area is 128 Å². The maximum absolute atomic E-state index is 12.6. The average Bonchev–Trinajstić information content (AvgIpc) is 2.47. The van der Waals surface area contributed by atoms with Gasteiger partial charge < -0.3 is 5.73 Å². The molecule has 21 heavy (non-hydrogen) atoms. The lowest BCUT2D eigenvalue weighted by Gasteiger charge is -2.33. The number of nitrogens with zero attached hydrogens (tertiary/aromatic N) is 2. The normalized spacial score (nSPS) is 21.3. The summed E-state index contributed by atoms with van der Waals surface area (Å²) in [7, 11) is -7.39. The van der Waals surface area contributed by atoms with E-state index in [0.717, 1.165) is 10.5 Å². The molecule has 118 valence electrons. The first kappa shape index (κ1) is 16.5. The van der Waals surface area contributed by atoms with E-state index in [-0.39, 0.29) is 28.8 Å². The van der Waals surface area contributed by atoms with Crippen molar-refractivity contribution in [2.45, 2.75) is 17.2 Å². The van der Waals surface area contributed by atoms with Crippen LogP contribution in [0.15, 0.2) is 23.2 Å². The van der Waals surface area contributed by atoms with E-state index in [1.54, 1.807) is 0 Å². The molecule has 0 amide bonds. The minimum atomic E-state index is -3.90. The van der Waals surface area contributed by atoms with E-state index in [1.807, 2.05) is 0 Å². The maximum atomic E-state index is 12.6. The van der Waals surface area contributed by atoms with Crippen LogP contribution in [0, 0.1) is 0 Å². The molecule has 0 saturated carbocycles. The number of sulfone groups is 1. The van der Waals surface area contributed by atoms with E-state index in [1.165, 1.54) is 30.8 Å². The number of thioether (sulfide) groups is 1. The van der Waals surface area contributed by atoms with Crippen molar-refractivity contribution in [1.82, 2.24) is 9.29 Å². The SMILES string of the molecule is CCS(=O)(=O)C1CSCCN1S(=O)(=O)c1ccc(N)nc1. The second-order valence-electron chi connectivity index (χ2n) is 4.52. The van der Waals surface area contributed by atoms with Crippen LogP contribution in [-0.2, 0) is 19.9 Å². The van der Waals surface area contributed by atoms with Crippen molar-refractivity contribution in [3.63, 3.8) is 0 Å². The van der Waals surface area contributed by atoms with Gasteiger partial charge in [0, 0.05) is 30.0 Å². The molecular weight excluding hydrogens is 334 g/mol. The van der Waals surface area contributed by atoms with Gasteiger partial charge in [0.1, 0.15) is 16.1 Å². The highest BCUT2D eigenvalue weighted by molar-refractivity contribution is 8.01. The molecule has 1 saturated heterocycles. The van der Waals surface area contributed by atoms with Crippen LogP contribution >= 0.6 is 11.8 Å². The van der Waals surface area contributed by atoms with Crippen molar-refractivity contribution >= 4 is 37.4 Å². The smallest absolute Gasteiger partial charge is 0.245 e. The highest BCUT2D eigenvalue weighted by atomic mass is 32.2. The third kappa shape index (κ3) is 3.33. The monoisotopic (exact) mass is 351 g/mol. The van der Waals surface area contributed by atoms with Crippen molar-refractivity contribution in [3.8, 4) is 0 Å². The van der Waals surface area contributed by atoms with Gasteiger partial charge in [-0.3, -0.25) is 0 Å². The Balaban J connectivity index is 2.43. The fourth-order valence-corrected chi connectivity index (χ4v) is 7.19. The summed E-state index contributed by atoms with van der Waals surface area (Å²) >= 11 is 1.44. The molecule has 2 heterocycles. The molecule has 1 fully saturated rings. The number of rotatable bonds is 4. The van der Waals surface area contributed by atoms with Crippen LogP contribution in [0.5, 0.6) is 0 Å². The van der Waals surface area contributed by atoms with Gasteiger partial charge in [0.25, 0.3) is 0 Å². The van der Waals surface area contributed by atoms with Gasteiger partial charge in [0.2, 0.25) is 10.0 Å². The van der Waals surface area contributed by atoms with E-state index in [4.69, 9.17) is 5.73 Å². The van der Waals surface area contributed by atoms with Crippen LogP contribution in [0.1, 0.15) is 6.92 Å². The van der Waals surface area contributed by atoms with Gasteiger partial charge in [-0.05, 0) is 12.1 Å². The van der Waals surface area contributed by atoms with E-state index < -0.39 is 25.2 Å². The van der Waals surface area contributed by atoms with Crippen LogP contribution in [-0.4, -0.2) is 55.3 Å². The largest absolute Gasteiger partial charge is 0.384 e. The van der Waals surface area contributed by atoms with Crippen molar-refractivity contribution in [2.24, 2.45) is 0 Å². The fraction of sp³-hybridized carbons (Fsp3) is 0.545. The number of pyridine rings is 1. The van der Waals surface area contributed by atoms with Crippen LogP contribution < -0.4 is 5.73 Å². The Kier molecular flexibility index (Phi) is 4.81. The van der Waals surface area contributed by atoms with E-state index in [9.17, 15) is 16.8 Å². The quantitative estimate of drug-likeness (QED) is 0.822. The van der Waals surface area contributed by atoms with Crippen molar-refractivity contribution < 1.29 is 16.8 Å². The molecular formula is C11H17N3O4S3. The van der Waals surface area contributed by atoms with Crippen LogP contribution in [0.2, 0.25) is 0 Å². The molecule has 1 aromatic rings. The number of hydrogen-bond acceptors (Lipinski definition) is 7. The Bertz CT molecular complexity index is 701. The zero-order chi connectivity index (χ0) is 15.7. The van der Waals surface area contributed by atoms with E-state index >= 15 is 0 Å². The Morgan fingerprint density at radius 3 is 2.67 bits per heavy atom. The number of nitrogen functional groups attached to an aromatic ring is 1. The van der Waals surface area contributed by atoms with Crippen molar-refractivity contribution in [3.05, 3.63) is 18.3 Å². The molecule has 1 aliphatic rings. The fourth-order valence-electron chi connectivity index (χ4n) is 2.00. The minimum absolute atomic E-state index is 0.0418. The van der Waals surface area contributed by atoms with Crippen LogP contribution in [0.25, 0.3) is 0 Å². The number of aromatic nitrogens is 1. The average molecular weight is 351 g/mol. The first-order valence-electron chi connectivity index (χ1n) is 6.31. The summed E-state index contributed by atoms with van der Waals surface area (Å²) in [6.07, 6.45) is 1.15. The minimum Gasteiger partial charge on any atom is -0.384 e. The van der Waals surface area contributed by atoms with Gasteiger partial charge in [-0.25, -0.2) is 21.8 Å². The molecule has 0 spiro atoms. The molecule has 10 heteroatoms. The Morgan fingerprint density at radius 1 is 1.38 bits per heavy atom. The molecule has 1 aromatic heterocycles. The number of sulfonamides is 1. The summed E-state index contributed by atoms with van der Waals surface area (Å²) in [4.78, 5) is 3.72. The third-order valence-corrected chi connectivity index (χ3v) is 8.53. The van der Waals surface area contributed by atoms with Crippen molar-refractivity contribution in [1.29, 1.82) is 0 Å². The van der Waals surface area contributed by atoms with Gasteiger partial charge in [-0.1, -0.05) is 6.92 Å². The molecule has 0 radical (unpaired) electrons. The highest BCUT2D eigenvalue weighted by Gasteiger charge is 2.40. The number of nitrogens with two attached hydrogens (primary N) is 1. The summed E-state index contributed by atoms with van der Waals surface area (Å²) in [6.45, 7) is 1.69. The van der Waals surface area contributed by atoms with Gasteiger partial charge >= 0.3 is 0 Å². The maximum Gasteiger partial charge on any atom is 0.245 e. The van der Waals surface area contributed by atoms with Gasteiger partial charge in [-0.2, -0.15) is 16.1 Å². The predicted molar refractivity (Wildman–Crippen MR) is 83.1 cm³/mol. The van der Waals surface area contributed by atoms with Gasteiger partial charge in [0.15, 0.2) is 9.84 Å². The zero-order valence-electron chi connectivity index (χ0n) is 11.5. The Hall–Kier alpha value is -0.840. The molecule has 2 N–H and O–H groups in total. The lowest BCUT2D eigenvalue weighted by Crippen LogP contribution is -2.50. The molecule has 7 nitrogen and oxygen atoms in total. The summed E-state index contributed by atoms with van der Waals surface area (Å²) in [5.74, 6) is 0.931. The molecule has 0 bridgehead atoms. The lowest BCUT2D eigenvalue weighted by molar-refractivity contribution is 0.403. The van der Waals surface area contributed by atoms with E-state index in [0.29, 0.717) is 5.75 Å². The molecule has 1 unspecified atom stereocenters. The number of hydrogen-bond donors (Lipinski definition) is 1. The third-order valence-electron chi connectivity index (χ3n) is 3.22. The topological polar surface area (TPSA) is 110 Å². The second kappa shape index (κ2) is 6.11. The van der Waals surface area contributed by atoms with Gasteiger partial charge in [0.05, 0.1) is 0 Å². The molecule has 2 rings (SSSR count).